The highest BCUT2D eigenvalue weighted by Gasteiger charge is 2.30. The first-order valence-corrected chi connectivity index (χ1v) is 10.5. The Morgan fingerprint density at radius 2 is 1.87 bits per heavy atom. The molecule has 1 fully saturated rings. The monoisotopic (exact) mass is 472 g/mol. The number of carbonyl (C=O) groups excluding carboxylic acids is 1. The molecule has 1 aromatic heterocycles. The highest BCUT2D eigenvalue weighted by molar-refractivity contribution is 8.18. The van der Waals surface area contributed by atoms with Crippen LogP contribution in [0.1, 0.15) is 16.1 Å². The van der Waals surface area contributed by atoms with E-state index in [1.807, 2.05) is 0 Å². The van der Waals surface area contributed by atoms with Crippen LogP contribution in [0, 0.1) is 0 Å². The Balaban J connectivity index is 1.57. The number of carbonyl (C=O) groups is 2. The number of amides is 1. The molecule has 0 unspecified atom stereocenters. The van der Waals surface area contributed by atoms with Gasteiger partial charge in [0.2, 0.25) is 0 Å². The summed E-state index contributed by atoms with van der Waals surface area (Å²) in [6, 6.07) is 14.8. The molecule has 0 bridgehead atoms. The molecule has 2 aromatic carbocycles. The summed E-state index contributed by atoms with van der Waals surface area (Å²) in [7, 11) is 1.63. The number of rotatable bonds is 4. The van der Waals surface area contributed by atoms with Crippen molar-refractivity contribution in [2.24, 2.45) is 4.99 Å². The molecule has 0 saturated carbocycles. The number of benzene rings is 2. The zero-order valence-corrected chi connectivity index (χ0v) is 18.3. The minimum atomic E-state index is -1.01. The van der Waals surface area contributed by atoms with Gasteiger partial charge in [0, 0.05) is 23.7 Å². The van der Waals surface area contributed by atoms with Gasteiger partial charge < -0.3 is 9.52 Å². The van der Waals surface area contributed by atoms with Crippen LogP contribution in [-0.2, 0) is 4.79 Å². The van der Waals surface area contributed by atoms with Crippen LogP contribution >= 0.6 is 35.0 Å². The summed E-state index contributed by atoms with van der Waals surface area (Å²) in [5, 5.41) is 10.5. The van der Waals surface area contributed by atoms with Gasteiger partial charge in [-0.3, -0.25) is 9.69 Å². The quantitative estimate of drug-likeness (QED) is 0.457. The first-order chi connectivity index (χ1) is 14.8. The highest BCUT2D eigenvalue weighted by Crippen LogP contribution is 2.35. The highest BCUT2D eigenvalue weighted by atomic mass is 35.5. The van der Waals surface area contributed by atoms with E-state index in [1.165, 1.54) is 28.8 Å². The van der Waals surface area contributed by atoms with Crippen LogP contribution < -0.4 is 0 Å². The topological polar surface area (TPSA) is 83.1 Å². The zero-order valence-electron chi connectivity index (χ0n) is 16.0. The predicted molar refractivity (Wildman–Crippen MR) is 123 cm³/mol. The molecule has 9 heteroatoms. The molecule has 0 spiro atoms. The normalized spacial score (nSPS) is 16.5. The van der Waals surface area contributed by atoms with Crippen LogP contribution in [-0.4, -0.2) is 34.1 Å². The SMILES string of the molecule is CN1C(=O)/C(=C/c2ccc(-c3ccc(Cl)cc3Cl)o2)SC1=Nc1ccc(C(=O)O)cc1. The summed E-state index contributed by atoms with van der Waals surface area (Å²) in [6.07, 6.45) is 1.65. The molecule has 1 N–H and O–H groups in total. The number of halogens is 2. The Labute approximate surface area is 191 Å². The molecule has 2 heterocycles. The largest absolute Gasteiger partial charge is 0.478 e. The van der Waals surface area contributed by atoms with Crippen molar-refractivity contribution in [1.29, 1.82) is 0 Å². The fourth-order valence-corrected chi connectivity index (χ4v) is 4.30. The number of carboxylic acid groups (broad SMARTS) is 1. The van der Waals surface area contributed by atoms with E-state index in [2.05, 4.69) is 4.99 Å². The lowest BCUT2D eigenvalue weighted by molar-refractivity contribution is -0.121. The van der Waals surface area contributed by atoms with Crippen molar-refractivity contribution in [3.63, 3.8) is 0 Å². The van der Waals surface area contributed by atoms with Crippen LogP contribution in [0.4, 0.5) is 5.69 Å². The average Bonchev–Trinajstić information content (AvgIpc) is 3.29. The van der Waals surface area contributed by atoms with Gasteiger partial charge in [-0.15, -0.1) is 0 Å². The summed E-state index contributed by atoms with van der Waals surface area (Å²) in [5.74, 6) is -0.167. The summed E-state index contributed by atoms with van der Waals surface area (Å²) in [6.45, 7) is 0. The summed E-state index contributed by atoms with van der Waals surface area (Å²) >= 11 is 13.4. The second kappa shape index (κ2) is 8.63. The predicted octanol–water partition coefficient (Wildman–Crippen LogP) is 6.19. The minimum Gasteiger partial charge on any atom is -0.478 e. The number of thioether (sulfide) groups is 1. The second-order valence-electron chi connectivity index (χ2n) is 6.55. The molecule has 3 aromatic rings. The van der Waals surface area contributed by atoms with E-state index in [4.69, 9.17) is 32.7 Å². The Morgan fingerprint density at radius 3 is 2.55 bits per heavy atom. The van der Waals surface area contributed by atoms with Crippen molar-refractivity contribution < 1.29 is 19.1 Å². The zero-order chi connectivity index (χ0) is 22.1. The van der Waals surface area contributed by atoms with Gasteiger partial charge in [0.15, 0.2) is 5.17 Å². The van der Waals surface area contributed by atoms with Crippen LogP contribution in [0.25, 0.3) is 17.4 Å². The van der Waals surface area contributed by atoms with Gasteiger partial charge in [-0.05, 0) is 66.4 Å². The van der Waals surface area contributed by atoms with Gasteiger partial charge >= 0.3 is 5.97 Å². The van der Waals surface area contributed by atoms with Gasteiger partial charge in [0.25, 0.3) is 5.91 Å². The molecule has 1 aliphatic heterocycles. The molecule has 1 amide bonds. The summed E-state index contributed by atoms with van der Waals surface area (Å²) in [5.41, 5.74) is 1.42. The molecule has 6 nitrogen and oxygen atoms in total. The van der Waals surface area contributed by atoms with Crippen molar-refractivity contribution in [3.05, 3.63) is 80.9 Å². The van der Waals surface area contributed by atoms with Gasteiger partial charge in [0.05, 0.1) is 21.2 Å². The molecular formula is C22H14Cl2N2O4S. The average molecular weight is 473 g/mol. The number of hydrogen-bond donors (Lipinski definition) is 1. The van der Waals surface area contributed by atoms with Crippen LogP contribution in [0.5, 0.6) is 0 Å². The van der Waals surface area contributed by atoms with Crippen LogP contribution in [0.3, 0.4) is 0 Å². The van der Waals surface area contributed by atoms with E-state index >= 15 is 0 Å². The molecule has 0 aliphatic carbocycles. The van der Waals surface area contributed by atoms with Gasteiger partial charge in [0.1, 0.15) is 11.5 Å². The number of furan rings is 1. The fraction of sp³-hybridized carbons (Fsp3) is 0.0455. The first-order valence-electron chi connectivity index (χ1n) is 8.97. The Hall–Kier alpha value is -3.00. The molecular weight excluding hydrogens is 459 g/mol. The van der Waals surface area contributed by atoms with Crippen molar-refractivity contribution in [2.75, 3.05) is 7.05 Å². The molecule has 31 heavy (non-hydrogen) atoms. The van der Waals surface area contributed by atoms with E-state index in [1.54, 1.807) is 55.6 Å². The smallest absolute Gasteiger partial charge is 0.335 e. The third kappa shape index (κ3) is 4.54. The van der Waals surface area contributed by atoms with Crippen molar-refractivity contribution in [1.82, 2.24) is 4.90 Å². The molecule has 4 rings (SSSR count). The van der Waals surface area contributed by atoms with Gasteiger partial charge in [-0.2, -0.15) is 0 Å². The van der Waals surface area contributed by atoms with E-state index < -0.39 is 5.97 Å². The van der Waals surface area contributed by atoms with Crippen LogP contribution in [0.15, 0.2) is 68.9 Å². The number of amidine groups is 1. The molecule has 0 atom stereocenters. The molecule has 156 valence electrons. The van der Waals surface area contributed by atoms with Crippen LogP contribution in [0.2, 0.25) is 10.0 Å². The molecule has 0 radical (unpaired) electrons. The first kappa shape index (κ1) is 21.2. The van der Waals surface area contributed by atoms with Crippen molar-refractivity contribution in [3.8, 4) is 11.3 Å². The summed E-state index contributed by atoms with van der Waals surface area (Å²) in [4.78, 5) is 29.9. The van der Waals surface area contributed by atoms with E-state index in [0.29, 0.717) is 42.9 Å². The lowest BCUT2D eigenvalue weighted by atomic mass is 10.2. The maximum Gasteiger partial charge on any atom is 0.335 e. The molecule has 1 saturated heterocycles. The molecule has 1 aliphatic rings. The number of nitrogens with zero attached hydrogens (tertiary/aromatic N) is 2. The lowest BCUT2D eigenvalue weighted by Crippen LogP contribution is -2.23. The number of carboxylic acids is 1. The van der Waals surface area contributed by atoms with E-state index in [0.717, 1.165) is 0 Å². The van der Waals surface area contributed by atoms with Crippen molar-refractivity contribution >= 4 is 63.8 Å². The number of aliphatic imine (C=N–C) groups is 1. The standard InChI is InChI=1S/C22H14Cl2N2O4S/c1-26-20(27)19(31-22(26)25-14-5-2-12(3-6-14)21(28)29)11-15-7-9-18(30-15)16-8-4-13(23)10-17(16)24/h2-11H,1H3,(H,28,29)/b19-11-,25-22?. The lowest BCUT2D eigenvalue weighted by Gasteiger charge is -2.07. The van der Waals surface area contributed by atoms with E-state index in [-0.39, 0.29) is 11.5 Å². The third-order valence-electron chi connectivity index (χ3n) is 4.44. The number of likely N-dealkylation sites (N-methyl/N-ethyl adjacent to an activating group) is 1. The van der Waals surface area contributed by atoms with Crippen molar-refractivity contribution in [2.45, 2.75) is 0 Å². The number of hydrogen-bond acceptors (Lipinski definition) is 5. The number of aromatic carboxylic acids is 1. The van der Waals surface area contributed by atoms with Gasteiger partial charge in [-0.1, -0.05) is 23.2 Å². The maximum atomic E-state index is 12.6. The summed E-state index contributed by atoms with van der Waals surface area (Å²) < 4.78 is 5.84. The second-order valence-corrected chi connectivity index (χ2v) is 8.40. The third-order valence-corrected chi connectivity index (χ3v) is 6.05. The van der Waals surface area contributed by atoms with E-state index in [9.17, 15) is 9.59 Å². The Bertz CT molecular complexity index is 1250. The van der Waals surface area contributed by atoms with Gasteiger partial charge in [-0.25, -0.2) is 9.79 Å². The maximum absolute atomic E-state index is 12.6. The minimum absolute atomic E-state index is 0.169. The fourth-order valence-electron chi connectivity index (χ4n) is 2.83. The Morgan fingerprint density at radius 1 is 1.13 bits per heavy atom. The Kier molecular flexibility index (Phi) is 5.91.